The van der Waals surface area contributed by atoms with Crippen molar-refractivity contribution in [3.05, 3.63) is 54.7 Å². The summed E-state index contributed by atoms with van der Waals surface area (Å²) in [4.78, 5) is 21.1. The molecule has 0 atom stereocenters. The topological polar surface area (TPSA) is 95.3 Å². The van der Waals surface area contributed by atoms with Crippen molar-refractivity contribution in [3.8, 4) is 40.2 Å². The van der Waals surface area contributed by atoms with Gasteiger partial charge in [0.05, 0.1) is 23.5 Å². The molecule has 0 radical (unpaired) electrons. The molecule has 0 N–H and O–H groups in total. The number of rotatable bonds is 3. The van der Waals surface area contributed by atoms with Crippen molar-refractivity contribution in [2.45, 2.75) is 20.8 Å². The van der Waals surface area contributed by atoms with E-state index in [4.69, 9.17) is 4.98 Å². The molecule has 4 aromatic rings. The molecule has 1 saturated heterocycles. The summed E-state index contributed by atoms with van der Waals surface area (Å²) in [5.74, 6) is 6.53. The first-order valence-corrected chi connectivity index (χ1v) is 12.2. The average Bonchev–Trinajstić information content (AvgIpc) is 3.52. The lowest BCUT2D eigenvalue weighted by Crippen LogP contribution is -2.48. The fourth-order valence-electron chi connectivity index (χ4n) is 4.34. The van der Waals surface area contributed by atoms with Crippen molar-refractivity contribution in [1.82, 2.24) is 29.3 Å². The van der Waals surface area contributed by atoms with Crippen LogP contribution in [0.2, 0.25) is 0 Å². The highest BCUT2D eigenvalue weighted by molar-refractivity contribution is 5.93. The van der Waals surface area contributed by atoms with E-state index >= 15 is 0 Å². The van der Waals surface area contributed by atoms with Crippen molar-refractivity contribution in [3.63, 3.8) is 0 Å². The summed E-state index contributed by atoms with van der Waals surface area (Å²) in [6, 6.07) is 8.30. The van der Waals surface area contributed by atoms with E-state index in [-0.39, 0.29) is 11.3 Å². The van der Waals surface area contributed by atoms with Crippen LogP contribution < -0.4 is 4.90 Å². The summed E-state index contributed by atoms with van der Waals surface area (Å²) in [6.07, 6.45) is 9.07. The van der Waals surface area contributed by atoms with E-state index in [1.807, 2.05) is 58.5 Å². The molecule has 1 aliphatic heterocycles. The van der Waals surface area contributed by atoms with Gasteiger partial charge in [0, 0.05) is 79.5 Å². The summed E-state index contributed by atoms with van der Waals surface area (Å²) >= 11 is 0. The van der Waals surface area contributed by atoms with Gasteiger partial charge in [-0.05, 0) is 44.9 Å². The molecule has 0 saturated carbocycles. The Labute approximate surface area is 215 Å². The number of piperazine rings is 1. The number of hydrogen-bond donors (Lipinski definition) is 0. The van der Waals surface area contributed by atoms with Gasteiger partial charge < -0.3 is 9.80 Å². The second-order valence-corrected chi connectivity index (χ2v) is 10.2. The lowest BCUT2D eigenvalue weighted by molar-refractivity contribution is -0.125. The first kappa shape index (κ1) is 24.1. The standard InChI is InChI=1S/C28H28N8O/c1-28(2,3)8-7-26(37)35-11-9-34(10-12-35)25-6-5-20(15-30-25)24-13-21(23-17-31-33(4)18-23)19-36-27(24)22(14-29)16-32-36/h5-6,13,15-19H,9-12H2,1-4H3. The summed E-state index contributed by atoms with van der Waals surface area (Å²) in [5.41, 5.74) is 4.73. The first-order chi connectivity index (χ1) is 17.7. The van der Waals surface area contributed by atoms with Crippen LogP contribution in [0.25, 0.3) is 27.8 Å². The third-order valence-corrected chi connectivity index (χ3v) is 6.26. The molecule has 1 fully saturated rings. The predicted octanol–water partition coefficient (Wildman–Crippen LogP) is 3.37. The molecule has 37 heavy (non-hydrogen) atoms. The van der Waals surface area contributed by atoms with Crippen LogP contribution >= 0.6 is 0 Å². The van der Waals surface area contributed by atoms with Gasteiger partial charge >= 0.3 is 0 Å². The van der Waals surface area contributed by atoms with E-state index < -0.39 is 0 Å². The molecule has 0 aliphatic carbocycles. The Kier molecular flexibility index (Phi) is 6.14. The zero-order valence-electron chi connectivity index (χ0n) is 21.4. The van der Waals surface area contributed by atoms with Crippen LogP contribution in [0, 0.1) is 28.6 Å². The number of aromatic nitrogens is 5. The molecule has 0 spiro atoms. The summed E-state index contributed by atoms with van der Waals surface area (Å²) in [7, 11) is 1.88. The monoisotopic (exact) mass is 492 g/mol. The van der Waals surface area contributed by atoms with Crippen LogP contribution in [0.1, 0.15) is 26.3 Å². The number of aryl methyl sites for hydroxylation is 1. The van der Waals surface area contributed by atoms with Crippen molar-refractivity contribution >= 4 is 17.2 Å². The summed E-state index contributed by atoms with van der Waals surface area (Å²) in [6.45, 7) is 8.58. The molecule has 0 unspecified atom stereocenters. The van der Waals surface area contributed by atoms with Gasteiger partial charge in [-0.25, -0.2) is 9.50 Å². The lowest BCUT2D eigenvalue weighted by Gasteiger charge is -2.34. The number of nitrogens with zero attached hydrogens (tertiary/aromatic N) is 8. The third-order valence-electron chi connectivity index (χ3n) is 6.26. The Balaban J connectivity index is 1.39. The molecule has 0 aromatic carbocycles. The van der Waals surface area contributed by atoms with Gasteiger partial charge in [0.1, 0.15) is 11.9 Å². The second kappa shape index (κ2) is 9.44. The highest BCUT2D eigenvalue weighted by Crippen LogP contribution is 2.32. The summed E-state index contributed by atoms with van der Waals surface area (Å²) in [5, 5.41) is 18.3. The van der Waals surface area contributed by atoms with Crippen molar-refractivity contribution in [1.29, 1.82) is 5.26 Å². The largest absolute Gasteiger partial charge is 0.353 e. The molecule has 5 heterocycles. The molecule has 9 heteroatoms. The Morgan fingerprint density at radius 3 is 2.38 bits per heavy atom. The van der Waals surface area contributed by atoms with Crippen LogP contribution in [0.3, 0.4) is 0 Å². The molecular weight excluding hydrogens is 464 g/mol. The molecule has 1 aliphatic rings. The van der Waals surface area contributed by atoms with Crippen molar-refractivity contribution < 1.29 is 4.79 Å². The van der Waals surface area contributed by atoms with Gasteiger partial charge in [-0.15, -0.1) is 0 Å². The van der Waals surface area contributed by atoms with Crippen LogP contribution in [0.4, 0.5) is 5.82 Å². The van der Waals surface area contributed by atoms with Crippen LogP contribution in [0.15, 0.2) is 49.2 Å². The van der Waals surface area contributed by atoms with Gasteiger partial charge in [0.15, 0.2) is 0 Å². The summed E-state index contributed by atoms with van der Waals surface area (Å²) < 4.78 is 3.49. The first-order valence-electron chi connectivity index (χ1n) is 12.2. The highest BCUT2D eigenvalue weighted by atomic mass is 16.2. The normalized spacial score (nSPS) is 13.8. The highest BCUT2D eigenvalue weighted by Gasteiger charge is 2.22. The van der Waals surface area contributed by atoms with E-state index in [1.54, 1.807) is 26.5 Å². The van der Waals surface area contributed by atoms with Crippen LogP contribution in [-0.4, -0.2) is 61.4 Å². The zero-order chi connectivity index (χ0) is 26.2. The maximum absolute atomic E-state index is 12.4. The molecule has 5 rings (SSSR count). The van der Waals surface area contributed by atoms with Crippen molar-refractivity contribution in [2.24, 2.45) is 12.5 Å². The number of carbonyl (C=O) groups excluding carboxylic acids is 1. The fraction of sp³-hybridized carbons (Fsp3) is 0.321. The Hall–Kier alpha value is -4.63. The lowest BCUT2D eigenvalue weighted by atomic mass is 9.98. The minimum Gasteiger partial charge on any atom is -0.353 e. The molecule has 4 aromatic heterocycles. The minimum atomic E-state index is -0.197. The quantitative estimate of drug-likeness (QED) is 0.407. The van der Waals surface area contributed by atoms with Gasteiger partial charge in [-0.3, -0.25) is 9.48 Å². The number of anilines is 1. The van der Waals surface area contributed by atoms with Crippen molar-refractivity contribution in [2.75, 3.05) is 31.1 Å². The number of nitriles is 1. The maximum Gasteiger partial charge on any atom is 0.298 e. The van der Waals surface area contributed by atoms with E-state index in [9.17, 15) is 10.1 Å². The molecular formula is C28H28N8O. The van der Waals surface area contributed by atoms with E-state index in [2.05, 4.69) is 39.1 Å². The number of fused-ring (bicyclic) bond motifs is 1. The molecule has 9 nitrogen and oxygen atoms in total. The van der Waals surface area contributed by atoms with E-state index in [0.29, 0.717) is 31.7 Å². The molecule has 186 valence electrons. The SMILES string of the molecule is Cn1cc(-c2cc(-c3ccc(N4CCN(C(=O)C#CC(C)(C)C)CC4)nc3)c3c(C#N)cnn3c2)cn1. The van der Waals surface area contributed by atoms with E-state index in [0.717, 1.165) is 33.6 Å². The van der Waals surface area contributed by atoms with Gasteiger partial charge in [-0.1, -0.05) is 5.92 Å². The second-order valence-electron chi connectivity index (χ2n) is 10.2. The molecule has 0 bridgehead atoms. The maximum atomic E-state index is 12.4. The zero-order valence-corrected chi connectivity index (χ0v) is 21.4. The van der Waals surface area contributed by atoms with Crippen LogP contribution in [0.5, 0.6) is 0 Å². The number of pyridine rings is 2. The number of hydrogen-bond acceptors (Lipinski definition) is 6. The van der Waals surface area contributed by atoms with Gasteiger partial charge in [-0.2, -0.15) is 15.5 Å². The molecule has 1 amide bonds. The average molecular weight is 493 g/mol. The van der Waals surface area contributed by atoms with Gasteiger partial charge in [0.2, 0.25) is 0 Å². The predicted molar refractivity (Wildman–Crippen MR) is 141 cm³/mol. The minimum absolute atomic E-state index is 0.121. The number of amides is 1. The van der Waals surface area contributed by atoms with E-state index in [1.165, 1.54) is 0 Å². The number of carbonyl (C=O) groups is 1. The Morgan fingerprint density at radius 2 is 1.76 bits per heavy atom. The van der Waals surface area contributed by atoms with Crippen LogP contribution in [-0.2, 0) is 11.8 Å². The smallest absolute Gasteiger partial charge is 0.298 e. The Bertz CT molecular complexity index is 1560. The Morgan fingerprint density at radius 1 is 0.973 bits per heavy atom. The third kappa shape index (κ3) is 5.03. The fourth-order valence-corrected chi connectivity index (χ4v) is 4.34. The van der Waals surface area contributed by atoms with Gasteiger partial charge in [0.25, 0.3) is 5.91 Å².